The van der Waals surface area contributed by atoms with Crippen LogP contribution < -0.4 is 5.32 Å². The van der Waals surface area contributed by atoms with Crippen LogP contribution in [0.5, 0.6) is 0 Å². The first-order valence-corrected chi connectivity index (χ1v) is 7.46. The van der Waals surface area contributed by atoms with Crippen LogP contribution in [0.15, 0.2) is 0 Å². The van der Waals surface area contributed by atoms with Crippen LogP contribution in [0.4, 0.5) is 4.79 Å². The molecule has 116 valence electrons. The molecule has 2 atom stereocenters. The van der Waals surface area contributed by atoms with Crippen LogP contribution in [-0.2, 0) is 4.79 Å². The first-order valence-electron chi connectivity index (χ1n) is 7.46. The zero-order valence-corrected chi connectivity index (χ0v) is 12.8. The number of nitrogens with zero attached hydrogens (tertiary/aromatic N) is 2. The quantitative estimate of drug-likeness (QED) is 0.769. The second kappa shape index (κ2) is 8.09. The number of hydrogen-bond acceptors (Lipinski definition) is 3. The highest BCUT2D eigenvalue weighted by Crippen LogP contribution is 2.10. The maximum absolute atomic E-state index is 12.1. The summed E-state index contributed by atoms with van der Waals surface area (Å²) < 4.78 is 0. The Morgan fingerprint density at radius 3 is 2.55 bits per heavy atom. The van der Waals surface area contributed by atoms with Gasteiger partial charge >= 0.3 is 12.0 Å². The highest BCUT2D eigenvalue weighted by atomic mass is 16.4. The third-order valence-corrected chi connectivity index (χ3v) is 4.04. The van der Waals surface area contributed by atoms with Crippen molar-refractivity contribution in [2.45, 2.75) is 39.7 Å². The highest BCUT2D eigenvalue weighted by molar-refractivity contribution is 5.74. The van der Waals surface area contributed by atoms with Gasteiger partial charge in [0.05, 0.1) is 0 Å². The lowest BCUT2D eigenvalue weighted by Gasteiger charge is -2.39. The lowest BCUT2D eigenvalue weighted by Crippen LogP contribution is -2.56. The third-order valence-electron chi connectivity index (χ3n) is 4.04. The van der Waals surface area contributed by atoms with E-state index >= 15 is 0 Å². The molecule has 2 unspecified atom stereocenters. The Bertz CT molecular complexity index is 336. The zero-order chi connectivity index (χ0) is 15.1. The molecule has 1 heterocycles. The van der Waals surface area contributed by atoms with E-state index in [1.54, 1.807) is 0 Å². The Balaban J connectivity index is 2.37. The van der Waals surface area contributed by atoms with Gasteiger partial charge in [-0.3, -0.25) is 9.69 Å². The summed E-state index contributed by atoms with van der Waals surface area (Å²) in [5, 5.41) is 11.7. The van der Waals surface area contributed by atoms with Crippen molar-refractivity contribution in [3.8, 4) is 0 Å². The summed E-state index contributed by atoms with van der Waals surface area (Å²) in [6.45, 7) is 10.0. The van der Waals surface area contributed by atoms with Crippen molar-refractivity contribution >= 4 is 12.0 Å². The summed E-state index contributed by atoms with van der Waals surface area (Å²) in [6, 6.07) is 0.303. The number of urea groups is 1. The molecule has 20 heavy (non-hydrogen) atoms. The van der Waals surface area contributed by atoms with Gasteiger partial charge in [-0.2, -0.15) is 0 Å². The maximum atomic E-state index is 12.1. The third kappa shape index (κ3) is 5.00. The molecule has 1 aliphatic rings. The molecule has 0 saturated carbocycles. The number of rotatable bonds is 6. The second-order valence-electron chi connectivity index (χ2n) is 5.48. The van der Waals surface area contributed by atoms with E-state index in [0.717, 1.165) is 32.6 Å². The molecule has 0 aromatic carbocycles. The van der Waals surface area contributed by atoms with E-state index < -0.39 is 5.97 Å². The van der Waals surface area contributed by atoms with Gasteiger partial charge in [0.1, 0.15) is 0 Å². The molecule has 6 heteroatoms. The molecule has 1 aliphatic heterocycles. The molecule has 2 N–H and O–H groups in total. The minimum absolute atomic E-state index is 0.00537. The second-order valence-corrected chi connectivity index (χ2v) is 5.48. The molecule has 1 fully saturated rings. The van der Waals surface area contributed by atoms with Crippen LogP contribution in [-0.4, -0.2) is 65.7 Å². The van der Waals surface area contributed by atoms with Gasteiger partial charge in [0.2, 0.25) is 0 Å². The van der Waals surface area contributed by atoms with E-state index in [1.807, 2.05) is 11.8 Å². The van der Waals surface area contributed by atoms with Gasteiger partial charge in [0.15, 0.2) is 0 Å². The van der Waals surface area contributed by atoms with Crippen molar-refractivity contribution in [2.24, 2.45) is 5.92 Å². The first kappa shape index (κ1) is 16.8. The standard InChI is InChI=1S/C14H27N3O3/c1-4-12(8-13(18)19)9-15-14(20)17-7-6-16(5-2)11(3)10-17/h11-12H,4-10H2,1-3H3,(H,15,20)(H,18,19). The zero-order valence-electron chi connectivity index (χ0n) is 12.8. The van der Waals surface area contributed by atoms with Crippen LogP contribution in [0.1, 0.15) is 33.6 Å². The Kier molecular flexibility index (Phi) is 6.78. The van der Waals surface area contributed by atoms with Gasteiger partial charge in [0.25, 0.3) is 0 Å². The number of hydrogen-bond donors (Lipinski definition) is 2. The molecule has 1 saturated heterocycles. The molecule has 1 rings (SSSR count). The van der Waals surface area contributed by atoms with Crippen molar-refractivity contribution in [1.82, 2.24) is 15.1 Å². The fourth-order valence-electron chi connectivity index (χ4n) is 2.60. The van der Waals surface area contributed by atoms with Crippen LogP contribution in [0, 0.1) is 5.92 Å². The SMILES string of the molecule is CCC(CNC(=O)N1CCN(CC)C(C)C1)CC(=O)O. The van der Waals surface area contributed by atoms with E-state index in [1.165, 1.54) is 0 Å². The summed E-state index contributed by atoms with van der Waals surface area (Å²) in [4.78, 5) is 27.0. The number of aliphatic carboxylic acids is 1. The fourth-order valence-corrected chi connectivity index (χ4v) is 2.60. The first-order chi connectivity index (χ1) is 9.47. The Hall–Kier alpha value is -1.30. The topological polar surface area (TPSA) is 72.9 Å². The molecule has 0 spiro atoms. The number of likely N-dealkylation sites (N-methyl/N-ethyl adjacent to an activating group) is 1. The number of carboxylic acids is 1. The van der Waals surface area contributed by atoms with E-state index in [9.17, 15) is 9.59 Å². The predicted molar refractivity (Wildman–Crippen MR) is 77.7 cm³/mol. The molecule has 0 radical (unpaired) electrons. The lowest BCUT2D eigenvalue weighted by molar-refractivity contribution is -0.138. The lowest BCUT2D eigenvalue weighted by atomic mass is 10.0. The van der Waals surface area contributed by atoms with Crippen LogP contribution in [0.3, 0.4) is 0 Å². The van der Waals surface area contributed by atoms with Crippen LogP contribution in [0.25, 0.3) is 0 Å². The maximum Gasteiger partial charge on any atom is 0.317 e. The fraction of sp³-hybridized carbons (Fsp3) is 0.857. The Morgan fingerprint density at radius 1 is 1.35 bits per heavy atom. The van der Waals surface area contributed by atoms with Crippen LogP contribution >= 0.6 is 0 Å². The average Bonchev–Trinajstić information content (AvgIpc) is 2.42. The van der Waals surface area contributed by atoms with Crippen molar-refractivity contribution < 1.29 is 14.7 Å². The highest BCUT2D eigenvalue weighted by Gasteiger charge is 2.25. The van der Waals surface area contributed by atoms with Gasteiger partial charge in [-0.25, -0.2) is 4.79 Å². The molecule has 2 amide bonds. The normalized spacial score (nSPS) is 21.6. The number of piperazine rings is 1. The van der Waals surface area contributed by atoms with Crippen LogP contribution in [0.2, 0.25) is 0 Å². The molecule has 0 aromatic heterocycles. The molecule has 0 aromatic rings. The molecule has 6 nitrogen and oxygen atoms in total. The van der Waals surface area contributed by atoms with E-state index in [0.29, 0.717) is 12.6 Å². The molecular formula is C14H27N3O3. The summed E-state index contributed by atoms with van der Waals surface area (Å²) in [5.41, 5.74) is 0. The largest absolute Gasteiger partial charge is 0.481 e. The van der Waals surface area contributed by atoms with Crippen molar-refractivity contribution in [3.05, 3.63) is 0 Å². The summed E-state index contributed by atoms with van der Waals surface area (Å²) >= 11 is 0. The number of amides is 2. The average molecular weight is 285 g/mol. The van der Waals surface area contributed by atoms with E-state index in [2.05, 4.69) is 24.1 Å². The van der Waals surface area contributed by atoms with E-state index in [4.69, 9.17) is 5.11 Å². The van der Waals surface area contributed by atoms with Gasteiger partial charge in [-0.15, -0.1) is 0 Å². The van der Waals surface area contributed by atoms with Gasteiger partial charge < -0.3 is 15.3 Å². The summed E-state index contributed by atoms with van der Waals surface area (Å²) in [5.74, 6) is -0.804. The minimum Gasteiger partial charge on any atom is -0.481 e. The summed E-state index contributed by atoms with van der Waals surface area (Å²) in [7, 11) is 0. The molecular weight excluding hydrogens is 258 g/mol. The number of carbonyl (C=O) groups is 2. The van der Waals surface area contributed by atoms with Gasteiger partial charge in [-0.05, 0) is 19.4 Å². The predicted octanol–water partition coefficient (Wildman–Crippen LogP) is 1.22. The summed E-state index contributed by atoms with van der Waals surface area (Å²) in [6.07, 6.45) is 0.864. The van der Waals surface area contributed by atoms with E-state index in [-0.39, 0.29) is 18.4 Å². The Morgan fingerprint density at radius 2 is 2.05 bits per heavy atom. The van der Waals surface area contributed by atoms with Gasteiger partial charge in [0, 0.05) is 38.6 Å². The number of carbonyl (C=O) groups excluding carboxylic acids is 1. The molecule has 0 aliphatic carbocycles. The smallest absolute Gasteiger partial charge is 0.317 e. The Labute approximate surface area is 121 Å². The minimum atomic E-state index is -0.809. The number of nitrogens with one attached hydrogen (secondary N) is 1. The monoisotopic (exact) mass is 285 g/mol. The van der Waals surface area contributed by atoms with Crippen molar-refractivity contribution in [1.29, 1.82) is 0 Å². The van der Waals surface area contributed by atoms with Crippen molar-refractivity contribution in [2.75, 3.05) is 32.7 Å². The number of carboxylic acid groups (broad SMARTS) is 1. The van der Waals surface area contributed by atoms with Crippen molar-refractivity contribution in [3.63, 3.8) is 0 Å². The molecule has 0 bridgehead atoms. The van der Waals surface area contributed by atoms with Gasteiger partial charge in [-0.1, -0.05) is 20.3 Å².